The summed E-state index contributed by atoms with van der Waals surface area (Å²) in [5.74, 6) is -3.69. The molecule has 0 aliphatic heterocycles. The Hall–Kier alpha value is -2.96. The number of hydrogen-bond acceptors (Lipinski definition) is 4. The SMILES string of the molecule is Nc1ncc(-c2ccc(C(=O)O)c(F)c2)cc1C(=O)O. The van der Waals surface area contributed by atoms with E-state index < -0.39 is 23.3 Å². The predicted octanol–water partition coefficient (Wildman–Crippen LogP) is 1.87. The van der Waals surface area contributed by atoms with E-state index in [9.17, 15) is 14.0 Å². The molecule has 2 rings (SSSR count). The molecule has 6 nitrogen and oxygen atoms in total. The van der Waals surface area contributed by atoms with Crippen molar-refractivity contribution in [1.82, 2.24) is 4.98 Å². The number of aromatic nitrogens is 1. The first kappa shape index (κ1) is 13.5. The average Bonchev–Trinajstić information content (AvgIpc) is 2.38. The standard InChI is InChI=1S/C13H9FN2O4/c14-10-4-6(1-2-8(10)12(17)18)7-3-9(13(19)20)11(15)16-5-7/h1-5H,(H2,15,16)(H,17,18)(H,19,20). The van der Waals surface area contributed by atoms with E-state index in [4.69, 9.17) is 15.9 Å². The summed E-state index contributed by atoms with van der Waals surface area (Å²) in [5, 5.41) is 17.7. The molecule has 0 aliphatic rings. The van der Waals surface area contributed by atoms with Crippen molar-refractivity contribution in [2.75, 3.05) is 5.73 Å². The lowest BCUT2D eigenvalue weighted by molar-refractivity contribution is 0.0683. The highest BCUT2D eigenvalue weighted by atomic mass is 19.1. The Morgan fingerprint density at radius 3 is 2.25 bits per heavy atom. The second-order valence-corrected chi connectivity index (χ2v) is 3.96. The first-order valence-corrected chi connectivity index (χ1v) is 5.42. The molecular formula is C13H9FN2O4. The number of carboxylic acids is 2. The number of aromatic carboxylic acids is 2. The topological polar surface area (TPSA) is 114 Å². The van der Waals surface area contributed by atoms with E-state index in [1.54, 1.807) is 0 Å². The molecule has 0 aliphatic carbocycles. The highest BCUT2D eigenvalue weighted by Gasteiger charge is 2.14. The fraction of sp³-hybridized carbons (Fsp3) is 0. The van der Waals surface area contributed by atoms with Gasteiger partial charge in [0.1, 0.15) is 17.2 Å². The van der Waals surface area contributed by atoms with Gasteiger partial charge in [-0.3, -0.25) is 0 Å². The van der Waals surface area contributed by atoms with E-state index in [-0.39, 0.29) is 11.4 Å². The van der Waals surface area contributed by atoms with Crippen molar-refractivity contribution < 1.29 is 24.2 Å². The first-order valence-electron chi connectivity index (χ1n) is 5.42. The van der Waals surface area contributed by atoms with Gasteiger partial charge >= 0.3 is 11.9 Å². The van der Waals surface area contributed by atoms with Gasteiger partial charge in [-0.2, -0.15) is 0 Å². The van der Waals surface area contributed by atoms with Crippen LogP contribution >= 0.6 is 0 Å². The van der Waals surface area contributed by atoms with Crippen molar-refractivity contribution >= 4 is 17.8 Å². The van der Waals surface area contributed by atoms with Crippen LogP contribution in [0.2, 0.25) is 0 Å². The van der Waals surface area contributed by atoms with Gasteiger partial charge in [0, 0.05) is 11.8 Å². The largest absolute Gasteiger partial charge is 0.478 e. The van der Waals surface area contributed by atoms with Crippen LogP contribution in [0, 0.1) is 5.82 Å². The fourth-order valence-corrected chi connectivity index (χ4v) is 1.67. The Kier molecular flexibility index (Phi) is 3.34. The third-order valence-electron chi connectivity index (χ3n) is 2.68. The van der Waals surface area contributed by atoms with Crippen molar-refractivity contribution in [3.8, 4) is 11.1 Å². The zero-order valence-electron chi connectivity index (χ0n) is 10.0. The maximum atomic E-state index is 13.6. The molecule has 7 heteroatoms. The van der Waals surface area contributed by atoms with E-state index in [0.717, 1.165) is 12.1 Å². The Labute approximate surface area is 112 Å². The Balaban J connectivity index is 2.52. The monoisotopic (exact) mass is 276 g/mol. The summed E-state index contributed by atoms with van der Waals surface area (Å²) >= 11 is 0. The number of carbonyl (C=O) groups is 2. The van der Waals surface area contributed by atoms with Gasteiger partial charge < -0.3 is 15.9 Å². The quantitative estimate of drug-likeness (QED) is 0.788. The molecule has 1 aromatic carbocycles. The van der Waals surface area contributed by atoms with Gasteiger partial charge in [-0.1, -0.05) is 6.07 Å². The lowest BCUT2D eigenvalue weighted by atomic mass is 10.0. The molecule has 4 N–H and O–H groups in total. The van der Waals surface area contributed by atoms with Crippen LogP contribution in [-0.4, -0.2) is 27.1 Å². The summed E-state index contributed by atoms with van der Waals surface area (Å²) < 4.78 is 13.6. The molecule has 0 bridgehead atoms. The predicted molar refractivity (Wildman–Crippen MR) is 68.0 cm³/mol. The maximum Gasteiger partial charge on any atom is 0.339 e. The van der Waals surface area contributed by atoms with Crippen LogP contribution in [0.1, 0.15) is 20.7 Å². The summed E-state index contributed by atoms with van der Waals surface area (Å²) in [4.78, 5) is 25.4. The number of halogens is 1. The van der Waals surface area contributed by atoms with E-state index >= 15 is 0 Å². The van der Waals surface area contributed by atoms with Crippen LogP contribution in [0.3, 0.4) is 0 Å². The zero-order chi connectivity index (χ0) is 14.9. The molecule has 20 heavy (non-hydrogen) atoms. The second-order valence-electron chi connectivity index (χ2n) is 3.96. The second kappa shape index (κ2) is 4.96. The number of rotatable bonds is 3. The van der Waals surface area contributed by atoms with Crippen LogP contribution in [0.4, 0.5) is 10.2 Å². The number of hydrogen-bond donors (Lipinski definition) is 3. The van der Waals surface area contributed by atoms with E-state index in [0.29, 0.717) is 11.1 Å². The average molecular weight is 276 g/mol. The number of carboxylic acid groups (broad SMARTS) is 2. The molecule has 0 saturated heterocycles. The number of anilines is 1. The molecule has 0 saturated carbocycles. The zero-order valence-corrected chi connectivity index (χ0v) is 10.0. The number of nitrogen functional groups attached to an aromatic ring is 1. The lowest BCUT2D eigenvalue weighted by Crippen LogP contribution is -2.05. The van der Waals surface area contributed by atoms with Crippen LogP contribution in [0.25, 0.3) is 11.1 Å². The van der Waals surface area contributed by atoms with Crippen molar-refractivity contribution in [3.05, 3.63) is 47.4 Å². The van der Waals surface area contributed by atoms with Crippen LogP contribution in [-0.2, 0) is 0 Å². The van der Waals surface area contributed by atoms with Gasteiger partial charge in [-0.25, -0.2) is 19.0 Å². The summed E-state index contributed by atoms with van der Waals surface area (Å²) in [6.45, 7) is 0. The van der Waals surface area contributed by atoms with E-state index in [1.807, 2.05) is 0 Å². The Bertz CT molecular complexity index is 716. The molecule has 102 valence electrons. The summed E-state index contributed by atoms with van der Waals surface area (Å²) in [5.41, 5.74) is 5.39. The minimum atomic E-state index is -1.38. The lowest BCUT2D eigenvalue weighted by Gasteiger charge is -2.06. The first-order chi connectivity index (χ1) is 9.40. The van der Waals surface area contributed by atoms with Crippen LogP contribution < -0.4 is 5.73 Å². The fourth-order valence-electron chi connectivity index (χ4n) is 1.67. The minimum absolute atomic E-state index is 0.149. The number of nitrogens with two attached hydrogens (primary N) is 1. The van der Waals surface area contributed by atoms with Crippen molar-refractivity contribution in [3.63, 3.8) is 0 Å². The minimum Gasteiger partial charge on any atom is -0.478 e. The van der Waals surface area contributed by atoms with Gasteiger partial charge in [0.15, 0.2) is 0 Å². The molecule has 0 amide bonds. The molecule has 0 spiro atoms. The van der Waals surface area contributed by atoms with Gasteiger partial charge in [-0.05, 0) is 23.8 Å². The van der Waals surface area contributed by atoms with E-state index in [2.05, 4.69) is 4.98 Å². The summed E-state index contributed by atoms with van der Waals surface area (Å²) in [7, 11) is 0. The normalized spacial score (nSPS) is 10.2. The third kappa shape index (κ3) is 2.41. The molecule has 0 atom stereocenters. The molecule has 1 aromatic heterocycles. The molecule has 0 fully saturated rings. The highest BCUT2D eigenvalue weighted by molar-refractivity contribution is 5.94. The molecule has 0 radical (unpaired) electrons. The van der Waals surface area contributed by atoms with Crippen molar-refractivity contribution in [2.45, 2.75) is 0 Å². The molecule has 2 aromatic rings. The Morgan fingerprint density at radius 1 is 1.05 bits per heavy atom. The van der Waals surface area contributed by atoms with E-state index in [1.165, 1.54) is 18.3 Å². The van der Waals surface area contributed by atoms with Gasteiger partial charge in [0.2, 0.25) is 0 Å². The molecule has 0 unspecified atom stereocenters. The molecule has 1 heterocycles. The van der Waals surface area contributed by atoms with Crippen LogP contribution in [0.15, 0.2) is 30.5 Å². The number of benzene rings is 1. The summed E-state index contributed by atoms with van der Waals surface area (Å²) in [6, 6.07) is 4.72. The highest BCUT2D eigenvalue weighted by Crippen LogP contribution is 2.24. The number of pyridine rings is 1. The van der Waals surface area contributed by atoms with Crippen molar-refractivity contribution in [1.29, 1.82) is 0 Å². The maximum absolute atomic E-state index is 13.6. The van der Waals surface area contributed by atoms with Gasteiger partial charge in [-0.15, -0.1) is 0 Å². The van der Waals surface area contributed by atoms with Crippen molar-refractivity contribution in [2.24, 2.45) is 0 Å². The van der Waals surface area contributed by atoms with Crippen LogP contribution in [0.5, 0.6) is 0 Å². The third-order valence-corrected chi connectivity index (χ3v) is 2.68. The smallest absolute Gasteiger partial charge is 0.339 e. The van der Waals surface area contributed by atoms with Gasteiger partial charge in [0.05, 0.1) is 5.56 Å². The summed E-state index contributed by atoms with van der Waals surface area (Å²) in [6.07, 6.45) is 1.29. The number of nitrogens with zero attached hydrogens (tertiary/aromatic N) is 1. The Morgan fingerprint density at radius 2 is 1.70 bits per heavy atom. The molecular weight excluding hydrogens is 267 g/mol. The van der Waals surface area contributed by atoms with Gasteiger partial charge in [0.25, 0.3) is 0 Å².